The van der Waals surface area contributed by atoms with Crippen LogP contribution in [0.25, 0.3) is 10.9 Å². The average Bonchev–Trinajstić information content (AvgIpc) is 3.22. The number of hydrogen-bond acceptors (Lipinski definition) is 2. The third-order valence-electron chi connectivity index (χ3n) is 4.97. The maximum atomic E-state index is 6.04. The molecular weight excluding hydrogens is 318 g/mol. The Morgan fingerprint density at radius 3 is 2.62 bits per heavy atom. The van der Waals surface area contributed by atoms with Gasteiger partial charge in [-0.1, -0.05) is 36.6 Å². The number of nitrogens with zero attached hydrogens (tertiary/aromatic N) is 3. The lowest BCUT2D eigenvalue weighted by Gasteiger charge is -2.31. The van der Waals surface area contributed by atoms with Gasteiger partial charge in [-0.2, -0.15) is 5.10 Å². The van der Waals surface area contributed by atoms with E-state index < -0.39 is 0 Å². The number of aromatic nitrogens is 2. The third-order valence-corrected chi connectivity index (χ3v) is 5.22. The Morgan fingerprint density at radius 1 is 1.12 bits per heavy atom. The molecule has 3 nitrogen and oxygen atoms in total. The van der Waals surface area contributed by atoms with E-state index in [9.17, 15) is 0 Å². The minimum absolute atomic E-state index is 0.620. The maximum absolute atomic E-state index is 6.04. The monoisotopic (exact) mass is 339 g/mol. The van der Waals surface area contributed by atoms with Crippen LogP contribution in [0.2, 0.25) is 5.02 Å². The van der Waals surface area contributed by atoms with Crippen LogP contribution < -0.4 is 4.90 Å². The highest BCUT2D eigenvalue weighted by Gasteiger charge is 2.23. The Morgan fingerprint density at radius 2 is 1.88 bits per heavy atom. The number of benzene rings is 2. The lowest BCUT2D eigenvalue weighted by atomic mass is 10.1. The molecule has 1 fully saturated rings. The van der Waals surface area contributed by atoms with Crippen molar-refractivity contribution in [3.63, 3.8) is 0 Å². The highest BCUT2D eigenvalue weighted by atomic mass is 35.5. The van der Waals surface area contributed by atoms with E-state index in [0.29, 0.717) is 6.04 Å². The number of aryl methyl sites for hydroxylation is 1. The topological polar surface area (TPSA) is 21.1 Å². The molecule has 2 aromatic carbocycles. The van der Waals surface area contributed by atoms with Crippen LogP contribution in [0.3, 0.4) is 0 Å². The van der Waals surface area contributed by atoms with Crippen molar-refractivity contribution < 1.29 is 0 Å². The normalized spacial score (nSPS) is 15.2. The maximum Gasteiger partial charge on any atom is 0.0924 e. The lowest BCUT2D eigenvalue weighted by Crippen LogP contribution is -2.32. The first-order valence-electron chi connectivity index (χ1n) is 8.63. The van der Waals surface area contributed by atoms with E-state index in [1.165, 1.54) is 42.3 Å². The largest absolute Gasteiger partial charge is 0.364 e. The van der Waals surface area contributed by atoms with E-state index in [1.807, 2.05) is 23.9 Å². The molecule has 0 atom stereocenters. The Bertz CT molecular complexity index is 832. The summed E-state index contributed by atoms with van der Waals surface area (Å²) in [6.07, 6.45) is 7.30. The summed E-state index contributed by atoms with van der Waals surface area (Å²) < 4.78 is 1.88. The van der Waals surface area contributed by atoms with Gasteiger partial charge in [0.1, 0.15) is 0 Å². The van der Waals surface area contributed by atoms with Gasteiger partial charge in [-0.15, -0.1) is 0 Å². The van der Waals surface area contributed by atoms with Crippen LogP contribution in [0.1, 0.15) is 31.2 Å². The Balaban J connectivity index is 1.68. The van der Waals surface area contributed by atoms with Crippen molar-refractivity contribution >= 4 is 28.2 Å². The molecule has 1 aliphatic rings. The molecule has 0 spiro atoms. The van der Waals surface area contributed by atoms with Crippen molar-refractivity contribution in [1.29, 1.82) is 0 Å². The van der Waals surface area contributed by atoms with Crippen molar-refractivity contribution in [3.8, 4) is 0 Å². The number of hydrogen-bond donors (Lipinski definition) is 0. The quantitative estimate of drug-likeness (QED) is 0.653. The first kappa shape index (κ1) is 15.5. The molecule has 1 saturated carbocycles. The summed E-state index contributed by atoms with van der Waals surface area (Å²) >= 11 is 6.04. The zero-order valence-electron chi connectivity index (χ0n) is 14.0. The van der Waals surface area contributed by atoms with E-state index in [4.69, 9.17) is 11.6 Å². The molecule has 124 valence electrons. The molecule has 0 bridgehead atoms. The van der Waals surface area contributed by atoms with Gasteiger partial charge >= 0.3 is 0 Å². The van der Waals surface area contributed by atoms with Crippen molar-refractivity contribution in [2.75, 3.05) is 4.90 Å². The Hall–Kier alpha value is -2.00. The molecule has 0 saturated heterocycles. The predicted molar refractivity (Wildman–Crippen MR) is 101 cm³/mol. The molecule has 0 unspecified atom stereocenters. The van der Waals surface area contributed by atoms with Crippen molar-refractivity contribution in [1.82, 2.24) is 9.78 Å². The van der Waals surface area contributed by atoms with Crippen LogP contribution in [-0.4, -0.2) is 15.8 Å². The number of halogens is 1. The second kappa shape index (κ2) is 6.48. The SMILES string of the molecule is Cn1cc2cc(N(Cc3ccc(Cl)cc3)C3CCCC3)ccc2n1. The zero-order valence-corrected chi connectivity index (χ0v) is 14.7. The average molecular weight is 340 g/mol. The minimum Gasteiger partial charge on any atom is -0.364 e. The summed E-state index contributed by atoms with van der Waals surface area (Å²) in [7, 11) is 1.97. The fraction of sp³-hybridized carbons (Fsp3) is 0.350. The van der Waals surface area contributed by atoms with Crippen LogP contribution in [0.4, 0.5) is 5.69 Å². The van der Waals surface area contributed by atoms with Gasteiger partial charge in [0, 0.05) is 41.9 Å². The zero-order chi connectivity index (χ0) is 16.5. The fourth-order valence-electron chi connectivity index (χ4n) is 3.75. The minimum atomic E-state index is 0.620. The van der Waals surface area contributed by atoms with Crippen molar-refractivity contribution in [3.05, 3.63) is 59.2 Å². The van der Waals surface area contributed by atoms with Gasteiger partial charge in [0.2, 0.25) is 0 Å². The van der Waals surface area contributed by atoms with Crippen LogP contribution >= 0.6 is 11.6 Å². The molecule has 0 radical (unpaired) electrons. The first-order chi connectivity index (χ1) is 11.7. The molecule has 0 aliphatic heterocycles. The first-order valence-corrected chi connectivity index (χ1v) is 9.01. The number of anilines is 1. The van der Waals surface area contributed by atoms with Crippen LogP contribution in [0.5, 0.6) is 0 Å². The molecule has 3 aromatic rings. The molecule has 1 aromatic heterocycles. The molecule has 4 rings (SSSR count). The second-order valence-electron chi connectivity index (χ2n) is 6.74. The van der Waals surface area contributed by atoms with Gasteiger partial charge in [-0.3, -0.25) is 4.68 Å². The second-order valence-corrected chi connectivity index (χ2v) is 7.17. The Kier molecular flexibility index (Phi) is 4.19. The molecule has 24 heavy (non-hydrogen) atoms. The van der Waals surface area contributed by atoms with E-state index in [1.54, 1.807) is 0 Å². The summed E-state index contributed by atoms with van der Waals surface area (Å²) in [5, 5.41) is 6.49. The van der Waals surface area contributed by atoms with Gasteiger partial charge in [0.15, 0.2) is 0 Å². The highest BCUT2D eigenvalue weighted by molar-refractivity contribution is 6.30. The summed E-state index contributed by atoms with van der Waals surface area (Å²) in [6.45, 7) is 0.924. The molecule has 0 amide bonds. The van der Waals surface area contributed by atoms with Crippen molar-refractivity contribution in [2.45, 2.75) is 38.3 Å². The molecular formula is C20H22ClN3. The number of rotatable bonds is 4. The van der Waals surface area contributed by atoms with Gasteiger partial charge in [-0.05, 0) is 48.7 Å². The summed E-state index contributed by atoms with van der Waals surface area (Å²) in [5.41, 5.74) is 3.65. The van der Waals surface area contributed by atoms with E-state index in [2.05, 4.69) is 46.5 Å². The summed E-state index contributed by atoms with van der Waals surface area (Å²) in [4.78, 5) is 2.56. The lowest BCUT2D eigenvalue weighted by molar-refractivity contribution is 0.605. The van der Waals surface area contributed by atoms with E-state index >= 15 is 0 Å². The van der Waals surface area contributed by atoms with Gasteiger partial charge in [-0.25, -0.2) is 0 Å². The summed E-state index contributed by atoms with van der Waals surface area (Å²) in [6, 6.07) is 15.5. The fourth-order valence-corrected chi connectivity index (χ4v) is 3.87. The van der Waals surface area contributed by atoms with E-state index in [0.717, 1.165) is 17.1 Å². The van der Waals surface area contributed by atoms with Gasteiger partial charge in [0.05, 0.1) is 5.52 Å². The highest BCUT2D eigenvalue weighted by Crippen LogP contribution is 2.31. The Labute approximate surface area is 147 Å². The molecule has 1 aliphatic carbocycles. The predicted octanol–water partition coefficient (Wildman–Crippen LogP) is 5.18. The third kappa shape index (κ3) is 3.13. The molecule has 4 heteroatoms. The van der Waals surface area contributed by atoms with Gasteiger partial charge < -0.3 is 4.90 Å². The molecule has 1 heterocycles. The van der Waals surface area contributed by atoms with Crippen molar-refractivity contribution in [2.24, 2.45) is 7.05 Å². The number of fused-ring (bicyclic) bond motifs is 1. The van der Waals surface area contributed by atoms with E-state index in [-0.39, 0.29) is 0 Å². The smallest absolute Gasteiger partial charge is 0.0924 e. The van der Waals surface area contributed by atoms with Crippen LogP contribution in [0.15, 0.2) is 48.7 Å². The summed E-state index contributed by atoms with van der Waals surface area (Å²) in [5.74, 6) is 0. The molecule has 0 N–H and O–H groups in total. The van der Waals surface area contributed by atoms with Gasteiger partial charge in [0.25, 0.3) is 0 Å². The standard InChI is InChI=1S/C20H22ClN3/c1-23-14-16-12-19(10-11-20(16)22-23)24(18-4-2-3-5-18)13-15-6-8-17(21)9-7-15/h6-12,14,18H,2-5,13H2,1H3. The van der Waals surface area contributed by atoms with Crippen LogP contribution in [-0.2, 0) is 13.6 Å². The van der Waals surface area contributed by atoms with Crippen LogP contribution in [0, 0.1) is 0 Å².